The van der Waals surface area contributed by atoms with E-state index < -0.39 is 35.2 Å². The second-order valence-corrected chi connectivity index (χ2v) is 7.00. The molecule has 1 fully saturated rings. The molecule has 0 saturated carbocycles. The van der Waals surface area contributed by atoms with Crippen molar-refractivity contribution in [2.24, 2.45) is 5.73 Å². The first-order valence-corrected chi connectivity index (χ1v) is 8.58. The standard InChI is InChI=1S/C16H17N3O5S/c1-7-6-25-15-11(14(22)19(15)12(7)16(23)24)18-13(21)10(17)8-2-4-9(20)5-3-8/h2-5,10-11,15,20H,6,17H2,1H3,(H,18,21)(H,23,24)/t10?,11-,15?/m1/s1. The number of carbonyl (C=O) groups is 3. The average molecular weight is 363 g/mol. The average Bonchev–Trinajstić information content (AvgIpc) is 2.58. The second-order valence-electron chi connectivity index (χ2n) is 5.90. The van der Waals surface area contributed by atoms with Crippen LogP contribution in [0.25, 0.3) is 0 Å². The number of aromatic hydroxyl groups is 1. The van der Waals surface area contributed by atoms with Gasteiger partial charge in [-0.1, -0.05) is 12.1 Å². The fourth-order valence-electron chi connectivity index (χ4n) is 2.85. The van der Waals surface area contributed by atoms with Crippen molar-refractivity contribution in [3.8, 4) is 5.75 Å². The third-order valence-electron chi connectivity index (χ3n) is 4.19. The van der Waals surface area contributed by atoms with Gasteiger partial charge in [0.2, 0.25) is 5.91 Å². The fraction of sp³-hybridized carbons (Fsp3) is 0.312. The molecular weight excluding hydrogens is 346 g/mol. The van der Waals surface area contributed by atoms with Crippen LogP contribution in [-0.4, -0.2) is 50.1 Å². The van der Waals surface area contributed by atoms with E-state index in [4.69, 9.17) is 5.73 Å². The molecule has 1 aromatic carbocycles. The number of nitrogens with one attached hydrogen (secondary N) is 1. The van der Waals surface area contributed by atoms with E-state index in [0.29, 0.717) is 16.9 Å². The number of carboxylic acids is 1. The van der Waals surface area contributed by atoms with E-state index in [-0.39, 0.29) is 11.4 Å². The van der Waals surface area contributed by atoms with Crippen LogP contribution in [-0.2, 0) is 14.4 Å². The molecule has 0 radical (unpaired) electrons. The van der Waals surface area contributed by atoms with Crippen molar-refractivity contribution >= 4 is 29.5 Å². The van der Waals surface area contributed by atoms with E-state index in [1.165, 1.54) is 40.9 Å². The summed E-state index contributed by atoms with van der Waals surface area (Å²) in [6, 6.07) is 4.09. The number of phenolic OH excluding ortho intramolecular Hbond substituents is 1. The van der Waals surface area contributed by atoms with E-state index in [9.17, 15) is 24.6 Å². The van der Waals surface area contributed by atoms with Crippen LogP contribution in [0.4, 0.5) is 0 Å². The Kier molecular flexibility index (Phi) is 4.44. The van der Waals surface area contributed by atoms with Crippen LogP contribution in [0, 0.1) is 0 Å². The lowest BCUT2D eigenvalue weighted by atomic mass is 10.0. The number of phenols is 1. The number of fused-ring (bicyclic) bond motifs is 1. The number of thioether (sulfide) groups is 1. The Morgan fingerprint density at radius 1 is 1.36 bits per heavy atom. The van der Waals surface area contributed by atoms with Crippen LogP contribution in [0.2, 0.25) is 0 Å². The maximum Gasteiger partial charge on any atom is 0.352 e. The molecule has 0 bridgehead atoms. The summed E-state index contributed by atoms with van der Waals surface area (Å²) >= 11 is 1.40. The molecule has 8 nitrogen and oxygen atoms in total. The molecule has 2 amide bonds. The molecule has 0 spiro atoms. The minimum atomic E-state index is -1.15. The summed E-state index contributed by atoms with van der Waals surface area (Å²) in [7, 11) is 0. The molecule has 9 heteroatoms. The van der Waals surface area contributed by atoms with E-state index >= 15 is 0 Å². The van der Waals surface area contributed by atoms with Gasteiger partial charge in [-0.2, -0.15) is 0 Å². The van der Waals surface area contributed by atoms with Crippen molar-refractivity contribution in [2.75, 3.05) is 5.75 Å². The largest absolute Gasteiger partial charge is 0.508 e. The molecule has 0 aromatic heterocycles. The number of β-lactam (4-membered cyclic amide) rings is 1. The number of nitrogens with two attached hydrogens (primary N) is 1. The summed E-state index contributed by atoms with van der Waals surface area (Å²) in [6.45, 7) is 1.67. The number of nitrogens with zero attached hydrogens (tertiary/aromatic N) is 1. The molecule has 2 aliphatic heterocycles. The molecule has 2 heterocycles. The van der Waals surface area contributed by atoms with Crippen molar-refractivity contribution in [2.45, 2.75) is 24.4 Å². The molecule has 2 aliphatic rings. The zero-order valence-electron chi connectivity index (χ0n) is 13.3. The van der Waals surface area contributed by atoms with Crippen molar-refractivity contribution in [3.63, 3.8) is 0 Å². The van der Waals surface area contributed by atoms with Gasteiger partial charge in [-0.3, -0.25) is 14.5 Å². The molecule has 1 saturated heterocycles. The van der Waals surface area contributed by atoms with Crippen LogP contribution < -0.4 is 11.1 Å². The normalized spacial score (nSPS) is 23.6. The predicted molar refractivity (Wildman–Crippen MR) is 90.4 cm³/mol. The number of rotatable bonds is 4. The summed E-state index contributed by atoms with van der Waals surface area (Å²) < 4.78 is 0. The number of amides is 2. The first-order valence-electron chi connectivity index (χ1n) is 7.54. The molecule has 1 aromatic rings. The SMILES string of the molecule is CC1=C(C(=O)O)N2C(=O)[C@@H](NC(=O)C(N)c3ccc(O)cc3)C2SC1. The number of benzene rings is 1. The van der Waals surface area contributed by atoms with Crippen LogP contribution in [0.1, 0.15) is 18.5 Å². The first kappa shape index (κ1) is 17.3. The van der Waals surface area contributed by atoms with Crippen molar-refractivity contribution in [1.82, 2.24) is 10.2 Å². The molecule has 5 N–H and O–H groups in total. The van der Waals surface area contributed by atoms with Crippen molar-refractivity contribution in [3.05, 3.63) is 41.1 Å². The number of hydrogen-bond donors (Lipinski definition) is 4. The highest BCUT2D eigenvalue weighted by Crippen LogP contribution is 2.40. The third kappa shape index (κ3) is 2.96. The number of carboxylic acid groups (broad SMARTS) is 1. The topological polar surface area (TPSA) is 133 Å². The lowest BCUT2D eigenvalue weighted by Gasteiger charge is -2.49. The Balaban J connectivity index is 1.71. The van der Waals surface area contributed by atoms with Crippen LogP contribution in [0.5, 0.6) is 5.75 Å². The monoisotopic (exact) mass is 363 g/mol. The Hall–Kier alpha value is -2.52. The maximum absolute atomic E-state index is 12.3. The highest BCUT2D eigenvalue weighted by atomic mass is 32.2. The highest BCUT2D eigenvalue weighted by Gasteiger charge is 2.53. The van der Waals surface area contributed by atoms with Gasteiger partial charge in [0.05, 0.1) is 0 Å². The van der Waals surface area contributed by atoms with Gasteiger partial charge in [0.1, 0.15) is 28.9 Å². The molecule has 132 valence electrons. The zero-order valence-corrected chi connectivity index (χ0v) is 14.1. The summed E-state index contributed by atoms with van der Waals surface area (Å²) in [5.74, 6) is -1.61. The molecule has 3 atom stereocenters. The van der Waals surface area contributed by atoms with Gasteiger partial charge in [-0.15, -0.1) is 11.8 Å². The van der Waals surface area contributed by atoms with Gasteiger partial charge in [-0.05, 0) is 30.2 Å². The lowest BCUT2D eigenvalue weighted by molar-refractivity contribution is -0.150. The smallest absolute Gasteiger partial charge is 0.352 e. The molecule has 25 heavy (non-hydrogen) atoms. The molecule has 3 rings (SSSR count). The summed E-state index contributed by atoms with van der Waals surface area (Å²) in [4.78, 5) is 37.2. The predicted octanol–water partition coefficient (Wildman–Crippen LogP) is 0.151. The fourth-order valence-corrected chi connectivity index (χ4v) is 4.14. The van der Waals surface area contributed by atoms with Crippen LogP contribution in [0.15, 0.2) is 35.5 Å². The Labute approximate surface area is 147 Å². The van der Waals surface area contributed by atoms with Gasteiger partial charge in [-0.25, -0.2) is 4.79 Å². The minimum absolute atomic E-state index is 0.0120. The maximum atomic E-state index is 12.3. The lowest BCUT2D eigenvalue weighted by Crippen LogP contribution is -2.71. The van der Waals surface area contributed by atoms with E-state index in [2.05, 4.69) is 5.32 Å². The van der Waals surface area contributed by atoms with Crippen molar-refractivity contribution in [1.29, 1.82) is 0 Å². The number of aliphatic carboxylic acids is 1. The Morgan fingerprint density at radius 2 is 2.00 bits per heavy atom. The van der Waals surface area contributed by atoms with Crippen LogP contribution in [0.3, 0.4) is 0 Å². The summed E-state index contributed by atoms with van der Waals surface area (Å²) in [5.41, 5.74) is 7.00. The summed E-state index contributed by atoms with van der Waals surface area (Å²) in [5, 5.41) is 20.7. The van der Waals surface area contributed by atoms with Gasteiger partial charge < -0.3 is 21.3 Å². The number of hydrogen-bond acceptors (Lipinski definition) is 6. The van der Waals surface area contributed by atoms with E-state index in [1.54, 1.807) is 6.92 Å². The van der Waals surface area contributed by atoms with E-state index in [1.807, 2.05) is 0 Å². The molecule has 0 aliphatic carbocycles. The van der Waals surface area contributed by atoms with Crippen LogP contribution >= 0.6 is 11.8 Å². The van der Waals surface area contributed by atoms with Gasteiger partial charge in [0, 0.05) is 5.75 Å². The first-order chi connectivity index (χ1) is 11.8. The quantitative estimate of drug-likeness (QED) is 0.560. The van der Waals surface area contributed by atoms with E-state index in [0.717, 1.165) is 0 Å². The van der Waals surface area contributed by atoms with Gasteiger partial charge in [0.25, 0.3) is 5.91 Å². The Morgan fingerprint density at radius 3 is 2.60 bits per heavy atom. The molecule has 2 unspecified atom stereocenters. The minimum Gasteiger partial charge on any atom is -0.508 e. The van der Waals surface area contributed by atoms with Gasteiger partial charge in [0.15, 0.2) is 0 Å². The highest BCUT2D eigenvalue weighted by molar-refractivity contribution is 8.00. The second kappa shape index (κ2) is 6.41. The Bertz CT molecular complexity index is 776. The number of carbonyl (C=O) groups excluding carboxylic acids is 2. The summed E-state index contributed by atoms with van der Waals surface area (Å²) in [6.07, 6.45) is 0. The van der Waals surface area contributed by atoms with Crippen molar-refractivity contribution < 1.29 is 24.6 Å². The zero-order chi connectivity index (χ0) is 18.3. The molecular formula is C16H17N3O5S. The third-order valence-corrected chi connectivity index (χ3v) is 5.62. The van der Waals surface area contributed by atoms with Gasteiger partial charge >= 0.3 is 5.97 Å².